The van der Waals surface area contributed by atoms with Gasteiger partial charge in [-0.2, -0.15) is 0 Å². The predicted octanol–water partition coefficient (Wildman–Crippen LogP) is 3.78. The van der Waals surface area contributed by atoms with Crippen LogP contribution >= 0.6 is 0 Å². The number of hydrogen-bond acceptors (Lipinski definition) is 2. The molecule has 118 valence electrons. The Morgan fingerprint density at radius 3 is 2.57 bits per heavy atom. The van der Waals surface area contributed by atoms with Gasteiger partial charge in [-0.05, 0) is 86.5 Å². The van der Waals surface area contributed by atoms with E-state index in [9.17, 15) is 5.11 Å². The van der Waals surface area contributed by atoms with E-state index in [1.165, 1.54) is 38.5 Å². The van der Waals surface area contributed by atoms with Gasteiger partial charge in [0.25, 0.3) is 0 Å². The summed E-state index contributed by atoms with van der Waals surface area (Å²) in [5.41, 5.74) is 8.03. The van der Waals surface area contributed by atoms with Crippen LogP contribution in [0.25, 0.3) is 0 Å². The normalized spacial score (nSPS) is 59.5. The molecule has 4 saturated carbocycles. The Morgan fingerprint density at radius 1 is 1.10 bits per heavy atom. The molecule has 0 aliphatic heterocycles. The minimum atomic E-state index is -0.541. The van der Waals surface area contributed by atoms with E-state index >= 15 is 0 Å². The van der Waals surface area contributed by atoms with Gasteiger partial charge in [0.2, 0.25) is 0 Å². The molecule has 3 N–H and O–H groups in total. The Bertz CT molecular complexity index is 498. The summed E-state index contributed by atoms with van der Waals surface area (Å²) in [5, 5.41) is 10.9. The number of rotatable bonds is 0. The number of hydrogen-bond donors (Lipinski definition) is 2. The summed E-state index contributed by atoms with van der Waals surface area (Å²) in [6, 6.07) is 0. The van der Waals surface area contributed by atoms with E-state index in [1.54, 1.807) is 0 Å². The van der Waals surface area contributed by atoms with Gasteiger partial charge in [0.1, 0.15) is 0 Å². The van der Waals surface area contributed by atoms with E-state index in [0.717, 1.165) is 30.8 Å². The van der Waals surface area contributed by atoms with Crippen molar-refractivity contribution in [1.82, 2.24) is 0 Å². The van der Waals surface area contributed by atoms with E-state index in [-0.39, 0.29) is 5.54 Å². The molecule has 1 spiro atoms. The molecule has 2 nitrogen and oxygen atoms in total. The van der Waals surface area contributed by atoms with E-state index < -0.39 is 5.60 Å². The van der Waals surface area contributed by atoms with Gasteiger partial charge < -0.3 is 10.8 Å². The maximum atomic E-state index is 10.9. The molecule has 0 aromatic rings. The van der Waals surface area contributed by atoms with Gasteiger partial charge in [-0.3, -0.25) is 0 Å². The maximum absolute atomic E-state index is 10.9. The third kappa shape index (κ3) is 1.67. The highest BCUT2D eigenvalue weighted by Crippen LogP contribution is 2.71. The average Bonchev–Trinajstić information content (AvgIpc) is 2.54. The van der Waals surface area contributed by atoms with Gasteiger partial charge in [-0.1, -0.05) is 19.9 Å². The highest BCUT2D eigenvalue weighted by atomic mass is 16.3. The zero-order chi connectivity index (χ0) is 15.1. The number of aliphatic hydroxyl groups is 1. The van der Waals surface area contributed by atoms with Gasteiger partial charge >= 0.3 is 0 Å². The highest BCUT2D eigenvalue weighted by Gasteiger charge is 2.66. The fourth-order valence-corrected chi connectivity index (χ4v) is 7.40. The first-order valence-electron chi connectivity index (χ1n) is 8.92. The molecule has 0 aromatic carbocycles. The molecular formula is C19H31NO. The summed E-state index contributed by atoms with van der Waals surface area (Å²) in [5.74, 6) is 1.40. The Kier molecular flexibility index (Phi) is 2.68. The van der Waals surface area contributed by atoms with Crippen LogP contribution in [0.5, 0.6) is 0 Å². The predicted molar refractivity (Wildman–Crippen MR) is 85.8 cm³/mol. The van der Waals surface area contributed by atoms with Crippen LogP contribution in [-0.4, -0.2) is 16.2 Å². The fourth-order valence-electron chi connectivity index (χ4n) is 7.40. The summed E-state index contributed by atoms with van der Waals surface area (Å²) in [6.07, 6.45) is 10.5. The number of nitrogens with two attached hydrogens (primary N) is 1. The lowest BCUT2D eigenvalue weighted by molar-refractivity contribution is -0.144. The van der Waals surface area contributed by atoms with Crippen LogP contribution in [0.2, 0.25) is 0 Å². The maximum Gasteiger partial charge on any atom is 0.0860 e. The van der Waals surface area contributed by atoms with Gasteiger partial charge in [0.05, 0.1) is 5.60 Å². The van der Waals surface area contributed by atoms with Crippen LogP contribution in [0.15, 0.2) is 12.2 Å². The van der Waals surface area contributed by atoms with Crippen molar-refractivity contribution in [3.8, 4) is 0 Å². The number of fused-ring (bicyclic) bond motifs is 3. The van der Waals surface area contributed by atoms with Gasteiger partial charge in [-0.15, -0.1) is 0 Å². The van der Waals surface area contributed by atoms with Crippen LogP contribution in [0.1, 0.15) is 71.6 Å². The van der Waals surface area contributed by atoms with Gasteiger partial charge in [-0.25, -0.2) is 0 Å². The molecule has 0 saturated heterocycles. The quantitative estimate of drug-likeness (QED) is 0.667. The molecule has 4 aliphatic carbocycles. The van der Waals surface area contributed by atoms with Gasteiger partial charge in [0, 0.05) is 5.54 Å². The Hall–Kier alpha value is -0.340. The third-order valence-electron chi connectivity index (χ3n) is 8.20. The standard InChI is InChI=1S/C19H31NO/c1-13-11-18-9-5-14-16(2,7-4-8-17(14,3)20)15(18)6-10-19(13,21)12-18/h14-15,21H,1,4-12,20H2,2-3H3/t14-,15-,16+,17+,18+,19-/m0/s1. The lowest BCUT2D eigenvalue weighted by Gasteiger charge is -2.64. The highest BCUT2D eigenvalue weighted by molar-refractivity contribution is 5.29. The molecular weight excluding hydrogens is 258 g/mol. The Balaban J connectivity index is 1.75. The zero-order valence-electron chi connectivity index (χ0n) is 13.8. The first kappa shape index (κ1) is 14.3. The van der Waals surface area contributed by atoms with Crippen molar-refractivity contribution in [3.05, 3.63) is 12.2 Å². The monoisotopic (exact) mass is 289 g/mol. The van der Waals surface area contributed by atoms with Crippen molar-refractivity contribution in [3.63, 3.8) is 0 Å². The zero-order valence-corrected chi connectivity index (χ0v) is 13.8. The minimum absolute atomic E-state index is 0.0119. The molecule has 0 unspecified atom stereocenters. The summed E-state index contributed by atoms with van der Waals surface area (Å²) in [4.78, 5) is 0. The second-order valence-corrected chi connectivity index (χ2v) is 9.40. The van der Waals surface area contributed by atoms with Crippen molar-refractivity contribution >= 4 is 0 Å². The molecule has 2 bridgehead atoms. The molecule has 0 aromatic heterocycles. The lowest BCUT2D eigenvalue weighted by Crippen LogP contribution is -2.62. The molecule has 6 atom stereocenters. The molecule has 4 rings (SSSR count). The average molecular weight is 289 g/mol. The lowest BCUT2D eigenvalue weighted by atomic mass is 9.42. The third-order valence-corrected chi connectivity index (χ3v) is 8.20. The fraction of sp³-hybridized carbons (Fsp3) is 0.895. The van der Waals surface area contributed by atoms with Crippen LogP contribution in [-0.2, 0) is 0 Å². The smallest absolute Gasteiger partial charge is 0.0860 e. The van der Waals surface area contributed by atoms with Crippen molar-refractivity contribution in [2.75, 3.05) is 0 Å². The van der Waals surface area contributed by atoms with E-state index in [1.807, 2.05) is 0 Å². The van der Waals surface area contributed by atoms with Crippen LogP contribution in [0, 0.1) is 22.7 Å². The Labute approximate surface area is 129 Å². The molecule has 2 heteroatoms. The molecule has 4 aliphatic rings. The largest absolute Gasteiger partial charge is 0.386 e. The van der Waals surface area contributed by atoms with E-state index in [0.29, 0.717) is 16.7 Å². The first-order valence-corrected chi connectivity index (χ1v) is 8.92. The molecule has 21 heavy (non-hydrogen) atoms. The second-order valence-electron chi connectivity index (χ2n) is 9.40. The summed E-state index contributed by atoms with van der Waals surface area (Å²) in [6.45, 7) is 9.05. The SMILES string of the molecule is C=C1C[C@@]23CC[C@H]4[C@@](C)(CCC[C@@]4(C)N)[C@@H]2CC[C@]1(O)C3. The molecule has 0 amide bonds. The summed E-state index contributed by atoms with van der Waals surface area (Å²) >= 11 is 0. The summed E-state index contributed by atoms with van der Waals surface area (Å²) in [7, 11) is 0. The van der Waals surface area contributed by atoms with Crippen LogP contribution in [0.4, 0.5) is 0 Å². The van der Waals surface area contributed by atoms with E-state index in [2.05, 4.69) is 20.4 Å². The molecule has 4 fully saturated rings. The van der Waals surface area contributed by atoms with E-state index in [4.69, 9.17) is 5.73 Å². The van der Waals surface area contributed by atoms with Crippen LogP contribution < -0.4 is 5.73 Å². The van der Waals surface area contributed by atoms with Crippen molar-refractivity contribution in [2.45, 2.75) is 82.8 Å². The van der Waals surface area contributed by atoms with Crippen LogP contribution in [0.3, 0.4) is 0 Å². The minimum Gasteiger partial charge on any atom is -0.386 e. The molecule has 0 heterocycles. The second kappa shape index (κ2) is 3.94. The van der Waals surface area contributed by atoms with Crippen molar-refractivity contribution < 1.29 is 5.11 Å². The Morgan fingerprint density at radius 2 is 1.81 bits per heavy atom. The topological polar surface area (TPSA) is 46.2 Å². The van der Waals surface area contributed by atoms with Crippen molar-refractivity contribution in [2.24, 2.45) is 28.4 Å². The van der Waals surface area contributed by atoms with Crippen molar-refractivity contribution in [1.29, 1.82) is 0 Å². The molecule has 0 radical (unpaired) electrons. The first-order chi connectivity index (χ1) is 9.72. The van der Waals surface area contributed by atoms with Gasteiger partial charge in [0.15, 0.2) is 0 Å². The summed E-state index contributed by atoms with van der Waals surface area (Å²) < 4.78 is 0.